The number of H-pyrrole nitrogens is 1. The molecule has 0 unspecified atom stereocenters. The van der Waals surface area contributed by atoms with Gasteiger partial charge in [-0.25, -0.2) is 9.97 Å². The average molecular weight is 495 g/mol. The molecule has 2 amide bonds. The molecule has 188 valence electrons. The third-order valence-corrected chi connectivity index (χ3v) is 7.42. The Morgan fingerprint density at radius 1 is 0.946 bits per heavy atom. The molecule has 2 aromatic heterocycles. The minimum atomic E-state index is -0.408. The number of benzene rings is 2. The third kappa shape index (κ3) is 4.55. The van der Waals surface area contributed by atoms with E-state index in [1.165, 1.54) is 5.56 Å². The predicted molar refractivity (Wildman–Crippen MR) is 143 cm³/mol. The van der Waals surface area contributed by atoms with E-state index >= 15 is 0 Å². The van der Waals surface area contributed by atoms with Crippen LogP contribution in [0.5, 0.6) is 0 Å². The molecule has 2 saturated heterocycles. The molecule has 37 heavy (non-hydrogen) atoms. The van der Waals surface area contributed by atoms with E-state index in [2.05, 4.69) is 33.9 Å². The molecule has 0 radical (unpaired) electrons. The zero-order chi connectivity index (χ0) is 25.4. The van der Waals surface area contributed by atoms with Crippen molar-refractivity contribution in [3.05, 3.63) is 78.0 Å². The van der Waals surface area contributed by atoms with E-state index in [0.29, 0.717) is 31.6 Å². The molecule has 4 aromatic rings. The Morgan fingerprint density at radius 3 is 2.51 bits per heavy atom. The summed E-state index contributed by atoms with van der Waals surface area (Å²) in [5, 5.41) is 0. The lowest BCUT2D eigenvalue weighted by Crippen LogP contribution is -2.54. The fourth-order valence-corrected chi connectivity index (χ4v) is 5.33. The second kappa shape index (κ2) is 9.69. The van der Waals surface area contributed by atoms with Gasteiger partial charge in [0.05, 0.1) is 11.0 Å². The third-order valence-electron chi connectivity index (χ3n) is 7.42. The first-order valence-electron chi connectivity index (χ1n) is 12.9. The number of amides is 2. The van der Waals surface area contributed by atoms with Gasteiger partial charge in [-0.1, -0.05) is 35.9 Å². The second-order valence-electron chi connectivity index (χ2n) is 9.84. The zero-order valence-corrected chi connectivity index (χ0v) is 20.9. The summed E-state index contributed by atoms with van der Waals surface area (Å²) in [6, 6.07) is 19.2. The number of aromatic nitrogens is 3. The van der Waals surface area contributed by atoms with Crippen LogP contribution in [0.4, 0.5) is 5.82 Å². The van der Waals surface area contributed by atoms with E-state index in [4.69, 9.17) is 4.98 Å². The minimum Gasteiger partial charge on any atom is -0.353 e. The highest BCUT2D eigenvalue weighted by Gasteiger charge is 2.38. The number of aryl methyl sites for hydroxylation is 1. The number of likely N-dealkylation sites (tertiary alicyclic amines) is 1. The molecular weight excluding hydrogens is 464 g/mol. The number of piperazine rings is 1. The first-order chi connectivity index (χ1) is 18.1. The van der Waals surface area contributed by atoms with Gasteiger partial charge in [0.1, 0.15) is 17.7 Å². The number of anilines is 1. The summed E-state index contributed by atoms with van der Waals surface area (Å²) in [6.07, 6.45) is 3.33. The summed E-state index contributed by atoms with van der Waals surface area (Å²) >= 11 is 0. The molecule has 0 spiro atoms. The van der Waals surface area contributed by atoms with Crippen LogP contribution in [0, 0.1) is 6.92 Å². The molecule has 0 aliphatic carbocycles. The standard InChI is InChI=1S/C29H30N6O2/c1-20-7-9-21(10-8-20)27-31-23-12-11-22(19-24(23)32-27)28(36)35-14-4-5-25(35)29(37)34-17-15-33(16-18-34)26-6-2-3-13-30-26/h2-3,6-13,19,25H,4-5,14-18H2,1H3,(H,31,32)/t25-/m1/s1. The highest BCUT2D eigenvalue weighted by Crippen LogP contribution is 2.26. The number of pyridine rings is 1. The van der Waals surface area contributed by atoms with Crippen LogP contribution in [0.3, 0.4) is 0 Å². The van der Waals surface area contributed by atoms with Crippen LogP contribution >= 0.6 is 0 Å². The van der Waals surface area contributed by atoms with Crippen molar-refractivity contribution in [1.82, 2.24) is 24.8 Å². The van der Waals surface area contributed by atoms with Crippen LogP contribution in [-0.4, -0.2) is 75.3 Å². The predicted octanol–water partition coefficient (Wildman–Crippen LogP) is 3.89. The quantitative estimate of drug-likeness (QED) is 0.465. The maximum absolute atomic E-state index is 13.5. The SMILES string of the molecule is Cc1ccc(-c2nc3ccc(C(=O)N4CCC[C@@H]4C(=O)N4CCN(c5ccccn5)CC4)cc3[nH]2)cc1. The van der Waals surface area contributed by atoms with E-state index in [1.807, 2.05) is 53.4 Å². The van der Waals surface area contributed by atoms with Crippen molar-refractivity contribution >= 4 is 28.7 Å². The highest BCUT2D eigenvalue weighted by molar-refractivity contribution is 6.00. The van der Waals surface area contributed by atoms with Crippen molar-refractivity contribution in [3.63, 3.8) is 0 Å². The molecule has 8 heteroatoms. The van der Waals surface area contributed by atoms with Gasteiger partial charge < -0.3 is 19.7 Å². The normalized spacial score (nSPS) is 18.0. The number of fused-ring (bicyclic) bond motifs is 1. The van der Waals surface area contributed by atoms with Gasteiger partial charge in [-0.2, -0.15) is 0 Å². The number of nitrogens with zero attached hydrogens (tertiary/aromatic N) is 5. The van der Waals surface area contributed by atoms with Crippen LogP contribution in [0.1, 0.15) is 28.8 Å². The number of rotatable bonds is 4. The average Bonchev–Trinajstić information content (AvgIpc) is 3.60. The summed E-state index contributed by atoms with van der Waals surface area (Å²) in [5.74, 6) is 1.66. The first-order valence-corrected chi connectivity index (χ1v) is 12.9. The van der Waals surface area contributed by atoms with Gasteiger partial charge in [-0.05, 0) is 50.1 Å². The second-order valence-corrected chi connectivity index (χ2v) is 9.84. The fraction of sp³-hybridized carbons (Fsp3) is 0.310. The van der Waals surface area contributed by atoms with E-state index < -0.39 is 6.04 Å². The van der Waals surface area contributed by atoms with E-state index in [1.54, 1.807) is 11.1 Å². The number of imidazole rings is 1. The van der Waals surface area contributed by atoms with Gasteiger partial charge in [0.25, 0.3) is 5.91 Å². The zero-order valence-electron chi connectivity index (χ0n) is 20.9. The van der Waals surface area contributed by atoms with Gasteiger partial charge in [0.2, 0.25) is 5.91 Å². The molecule has 1 atom stereocenters. The van der Waals surface area contributed by atoms with Crippen LogP contribution < -0.4 is 4.90 Å². The lowest BCUT2D eigenvalue weighted by atomic mass is 10.1. The maximum atomic E-state index is 13.5. The van der Waals surface area contributed by atoms with Crippen molar-refractivity contribution in [2.45, 2.75) is 25.8 Å². The highest BCUT2D eigenvalue weighted by atomic mass is 16.2. The molecule has 8 nitrogen and oxygen atoms in total. The van der Waals surface area contributed by atoms with Gasteiger partial charge >= 0.3 is 0 Å². The molecule has 1 N–H and O–H groups in total. The Morgan fingerprint density at radius 2 is 1.76 bits per heavy atom. The van der Waals surface area contributed by atoms with E-state index in [-0.39, 0.29) is 11.8 Å². The number of aromatic amines is 1. The Labute approximate surface area is 215 Å². The molecule has 2 aromatic carbocycles. The molecule has 6 rings (SSSR count). The minimum absolute atomic E-state index is 0.0517. The topological polar surface area (TPSA) is 85.4 Å². The number of carbonyl (C=O) groups excluding carboxylic acids is 2. The number of hydrogen-bond donors (Lipinski definition) is 1. The van der Waals surface area contributed by atoms with Crippen molar-refractivity contribution in [1.29, 1.82) is 0 Å². The van der Waals surface area contributed by atoms with Crippen molar-refractivity contribution in [2.24, 2.45) is 0 Å². The number of hydrogen-bond acceptors (Lipinski definition) is 5. The first kappa shape index (κ1) is 23.2. The summed E-state index contributed by atoms with van der Waals surface area (Å²) in [7, 11) is 0. The lowest BCUT2D eigenvalue weighted by molar-refractivity contribution is -0.135. The molecule has 4 heterocycles. The maximum Gasteiger partial charge on any atom is 0.254 e. The summed E-state index contributed by atoms with van der Waals surface area (Å²) in [4.78, 5) is 45.3. The van der Waals surface area contributed by atoms with Gasteiger partial charge in [-0.15, -0.1) is 0 Å². The monoisotopic (exact) mass is 494 g/mol. The van der Waals surface area contributed by atoms with Crippen LogP contribution in [-0.2, 0) is 4.79 Å². The van der Waals surface area contributed by atoms with Crippen molar-refractivity contribution in [2.75, 3.05) is 37.6 Å². The molecule has 2 fully saturated rings. The molecule has 2 aliphatic rings. The molecule has 0 bridgehead atoms. The molecule has 0 saturated carbocycles. The van der Waals surface area contributed by atoms with Crippen molar-refractivity contribution < 1.29 is 9.59 Å². The Bertz CT molecular complexity index is 1420. The Kier molecular flexibility index (Phi) is 6.08. The summed E-state index contributed by atoms with van der Waals surface area (Å²) < 4.78 is 0. The number of nitrogens with one attached hydrogen (secondary N) is 1. The van der Waals surface area contributed by atoms with Gasteiger partial charge in [-0.3, -0.25) is 9.59 Å². The Balaban J connectivity index is 1.15. The van der Waals surface area contributed by atoms with E-state index in [0.717, 1.165) is 47.7 Å². The molecular formula is C29H30N6O2. The summed E-state index contributed by atoms with van der Waals surface area (Å²) in [5.41, 5.74) is 4.40. The summed E-state index contributed by atoms with van der Waals surface area (Å²) in [6.45, 7) is 5.40. The van der Waals surface area contributed by atoms with Gasteiger partial charge in [0, 0.05) is 50.0 Å². The largest absolute Gasteiger partial charge is 0.353 e. The number of carbonyl (C=O) groups is 2. The fourth-order valence-electron chi connectivity index (χ4n) is 5.33. The molecule has 2 aliphatic heterocycles. The van der Waals surface area contributed by atoms with Crippen molar-refractivity contribution in [3.8, 4) is 11.4 Å². The smallest absolute Gasteiger partial charge is 0.254 e. The van der Waals surface area contributed by atoms with Crippen LogP contribution in [0.2, 0.25) is 0 Å². The Hall–Kier alpha value is -4.20. The van der Waals surface area contributed by atoms with Gasteiger partial charge in [0.15, 0.2) is 0 Å². The van der Waals surface area contributed by atoms with Crippen LogP contribution in [0.25, 0.3) is 22.4 Å². The lowest BCUT2D eigenvalue weighted by Gasteiger charge is -2.37. The van der Waals surface area contributed by atoms with Crippen LogP contribution in [0.15, 0.2) is 66.9 Å². The van der Waals surface area contributed by atoms with E-state index in [9.17, 15) is 9.59 Å².